The predicted octanol–water partition coefficient (Wildman–Crippen LogP) is 1.91. The molecule has 1 fully saturated rings. The molecule has 0 aromatic heterocycles. The van der Waals surface area contributed by atoms with E-state index in [2.05, 4.69) is 12.2 Å². The number of hydrogen-bond donors (Lipinski definition) is 2. The number of carbonyl (C=O) groups is 1. The van der Waals surface area contributed by atoms with Gasteiger partial charge in [-0.2, -0.15) is 0 Å². The summed E-state index contributed by atoms with van der Waals surface area (Å²) < 4.78 is 0. The molecule has 0 bridgehead atoms. The van der Waals surface area contributed by atoms with Crippen molar-refractivity contribution in [1.29, 1.82) is 0 Å². The van der Waals surface area contributed by atoms with Crippen LogP contribution in [0.5, 0.6) is 0 Å². The van der Waals surface area contributed by atoms with Crippen molar-refractivity contribution in [1.82, 2.24) is 5.32 Å². The smallest absolute Gasteiger partial charge is 0.237 e. The van der Waals surface area contributed by atoms with Gasteiger partial charge in [-0.3, -0.25) is 4.79 Å². The van der Waals surface area contributed by atoms with Crippen LogP contribution in [0.15, 0.2) is 0 Å². The first-order chi connectivity index (χ1) is 7.30. The van der Waals surface area contributed by atoms with E-state index >= 15 is 0 Å². The molecule has 0 radical (unpaired) electrons. The van der Waals surface area contributed by atoms with Gasteiger partial charge in [-0.15, -0.1) is 0 Å². The van der Waals surface area contributed by atoms with Crippen LogP contribution >= 0.6 is 0 Å². The van der Waals surface area contributed by atoms with Gasteiger partial charge in [-0.05, 0) is 30.1 Å². The zero-order valence-corrected chi connectivity index (χ0v) is 11.0. The number of rotatable bonds is 3. The quantitative estimate of drug-likeness (QED) is 0.772. The van der Waals surface area contributed by atoms with E-state index in [0.29, 0.717) is 5.92 Å². The number of nitrogens with one attached hydrogen (secondary N) is 1. The van der Waals surface area contributed by atoms with Gasteiger partial charge >= 0.3 is 0 Å². The van der Waals surface area contributed by atoms with Gasteiger partial charge in [-0.1, -0.05) is 34.1 Å². The highest BCUT2D eigenvalue weighted by Gasteiger charge is 2.28. The van der Waals surface area contributed by atoms with Gasteiger partial charge in [0.1, 0.15) is 0 Å². The SMILES string of the molecule is CC1CCC(CNC(=O)[C@@H](N)C(C)(C)C)C1. The fourth-order valence-electron chi connectivity index (χ4n) is 2.26. The van der Waals surface area contributed by atoms with Gasteiger partial charge < -0.3 is 11.1 Å². The van der Waals surface area contributed by atoms with E-state index in [1.54, 1.807) is 0 Å². The van der Waals surface area contributed by atoms with E-state index in [-0.39, 0.29) is 11.3 Å². The molecule has 94 valence electrons. The van der Waals surface area contributed by atoms with Gasteiger partial charge in [0.25, 0.3) is 0 Å². The minimum absolute atomic E-state index is 0.00736. The van der Waals surface area contributed by atoms with Crippen LogP contribution in [-0.2, 0) is 4.79 Å². The standard InChI is InChI=1S/C13H26N2O/c1-9-5-6-10(7-9)8-15-12(16)11(14)13(2,3)4/h9-11H,5-8,14H2,1-4H3,(H,15,16)/t9?,10?,11-/m1/s1. The van der Waals surface area contributed by atoms with Gasteiger partial charge in [0.15, 0.2) is 0 Å². The molecule has 0 aromatic rings. The Morgan fingerprint density at radius 3 is 2.50 bits per heavy atom. The fourth-order valence-corrected chi connectivity index (χ4v) is 2.26. The van der Waals surface area contributed by atoms with Crippen LogP contribution in [0.25, 0.3) is 0 Å². The third-order valence-electron chi connectivity index (χ3n) is 3.58. The van der Waals surface area contributed by atoms with E-state index in [4.69, 9.17) is 5.73 Å². The van der Waals surface area contributed by atoms with Crippen LogP contribution < -0.4 is 11.1 Å². The van der Waals surface area contributed by atoms with Crippen molar-refractivity contribution in [3.63, 3.8) is 0 Å². The second-order valence-corrected chi connectivity index (χ2v) is 6.37. The summed E-state index contributed by atoms with van der Waals surface area (Å²) in [6, 6.07) is -0.411. The zero-order chi connectivity index (χ0) is 12.3. The zero-order valence-electron chi connectivity index (χ0n) is 11.0. The van der Waals surface area contributed by atoms with Gasteiger partial charge in [0, 0.05) is 6.54 Å². The number of amides is 1. The van der Waals surface area contributed by atoms with Crippen molar-refractivity contribution in [3.05, 3.63) is 0 Å². The minimum Gasteiger partial charge on any atom is -0.354 e. The van der Waals surface area contributed by atoms with Crippen LogP contribution in [0.1, 0.15) is 47.0 Å². The van der Waals surface area contributed by atoms with E-state index in [0.717, 1.165) is 12.5 Å². The lowest BCUT2D eigenvalue weighted by molar-refractivity contribution is -0.124. The highest BCUT2D eigenvalue weighted by Crippen LogP contribution is 2.29. The summed E-state index contributed by atoms with van der Waals surface area (Å²) >= 11 is 0. The van der Waals surface area contributed by atoms with Crippen LogP contribution in [0.2, 0.25) is 0 Å². The molecule has 1 amide bonds. The monoisotopic (exact) mass is 226 g/mol. The van der Waals surface area contributed by atoms with Crippen LogP contribution in [0.4, 0.5) is 0 Å². The summed E-state index contributed by atoms with van der Waals surface area (Å²) in [5.74, 6) is 1.47. The summed E-state index contributed by atoms with van der Waals surface area (Å²) in [5.41, 5.74) is 5.73. The lowest BCUT2D eigenvalue weighted by atomic mass is 9.87. The molecule has 2 unspecified atom stereocenters. The lowest BCUT2D eigenvalue weighted by Gasteiger charge is -2.26. The van der Waals surface area contributed by atoms with Crippen molar-refractivity contribution in [2.45, 2.75) is 53.0 Å². The van der Waals surface area contributed by atoms with Crippen molar-refractivity contribution < 1.29 is 4.79 Å². The Morgan fingerprint density at radius 1 is 1.44 bits per heavy atom. The maximum absolute atomic E-state index is 11.8. The van der Waals surface area contributed by atoms with Crippen LogP contribution in [0.3, 0.4) is 0 Å². The molecule has 1 aliphatic carbocycles. The fraction of sp³-hybridized carbons (Fsp3) is 0.923. The lowest BCUT2D eigenvalue weighted by Crippen LogP contribution is -2.49. The van der Waals surface area contributed by atoms with Crippen molar-refractivity contribution in [2.75, 3.05) is 6.54 Å². The Morgan fingerprint density at radius 2 is 2.06 bits per heavy atom. The second kappa shape index (κ2) is 5.17. The van der Waals surface area contributed by atoms with E-state index in [9.17, 15) is 4.79 Å². The summed E-state index contributed by atoms with van der Waals surface area (Å²) in [4.78, 5) is 11.8. The topological polar surface area (TPSA) is 55.1 Å². The van der Waals surface area contributed by atoms with Crippen LogP contribution in [-0.4, -0.2) is 18.5 Å². The Bertz CT molecular complexity index is 245. The molecule has 1 saturated carbocycles. The average Bonchev–Trinajstić information content (AvgIpc) is 2.58. The average molecular weight is 226 g/mol. The molecule has 0 saturated heterocycles. The summed E-state index contributed by atoms with van der Waals surface area (Å²) in [6.45, 7) is 9.06. The highest BCUT2D eigenvalue weighted by atomic mass is 16.2. The molecule has 1 rings (SSSR count). The first-order valence-corrected chi connectivity index (χ1v) is 6.34. The van der Waals surface area contributed by atoms with Crippen LogP contribution in [0, 0.1) is 17.3 Å². The third kappa shape index (κ3) is 3.78. The molecular formula is C13H26N2O. The van der Waals surface area contributed by atoms with Gasteiger partial charge in [0.05, 0.1) is 6.04 Å². The molecule has 0 aliphatic heterocycles. The van der Waals surface area contributed by atoms with E-state index < -0.39 is 6.04 Å². The second-order valence-electron chi connectivity index (χ2n) is 6.37. The Kier molecular flexibility index (Phi) is 4.36. The maximum atomic E-state index is 11.8. The molecule has 0 aromatic carbocycles. The number of hydrogen-bond acceptors (Lipinski definition) is 2. The molecule has 3 atom stereocenters. The van der Waals surface area contributed by atoms with Crippen molar-refractivity contribution >= 4 is 5.91 Å². The maximum Gasteiger partial charge on any atom is 0.237 e. The minimum atomic E-state index is -0.411. The first-order valence-electron chi connectivity index (χ1n) is 6.34. The molecular weight excluding hydrogens is 200 g/mol. The molecule has 3 nitrogen and oxygen atoms in total. The molecule has 16 heavy (non-hydrogen) atoms. The molecule has 3 N–H and O–H groups in total. The van der Waals surface area contributed by atoms with Crippen molar-refractivity contribution in [3.8, 4) is 0 Å². The third-order valence-corrected chi connectivity index (χ3v) is 3.58. The van der Waals surface area contributed by atoms with Gasteiger partial charge in [0.2, 0.25) is 5.91 Å². The normalized spacial score (nSPS) is 27.8. The van der Waals surface area contributed by atoms with Crippen molar-refractivity contribution in [2.24, 2.45) is 23.0 Å². The Balaban J connectivity index is 2.30. The Labute approximate surface area is 99.2 Å². The molecule has 1 aliphatic rings. The summed E-state index contributed by atoms with van der Waals surface area (Å²) in [7, 11) is 0. The largest absolute Gasteiger partial charge is 0.354 e. The number of nitrogens with two attached hydrogens (primary N) is 1. The summed E-state index contributed by atoms with van der Waals surface area (Å²) in [6.07, 6.45) is 3.78. The highest BCUT2D eigenvalue weighted by molar-refractivity contribution is 5.82. The summed E-state index contributed by atoms with van der Waals surface area (Å²) in [5, 5.41) is 2.99. The van der Waals surface area contributed by atoms with E-state index in [1.807, 2.05) is 20.8 Å². The number of carbonyl (C=O) groups excluding carboxylic acids is 1. The predicted molar refractivity (Wildman–Crippen MR) is 66.9 cm³/mol. The first kappa shape index (κ1) is 13.5. The van der Waals surface area contributed by atoms with Gasteiger partial charge in [-0.25, -0.2) is 0 Å². The molecule has 0 spiro atoms. The Hall–Kier alpha value is -0.570. The van der Waals surface area contributed by atoms with E-state index in [1.165, 1.54) is 19.3 Å². The molecule has 0 heterocycles. The molecule has 3 heteroatoms.